The van der Waals surface area contributed by atoms with Crippen LogP contribution in [0.25, 0.3) is 0 Å². The number of halogens is 3. The summed E-state index contributed by atoms with van der Waals surface area (Å²) in [6.45, 7) is -0.0679. The predicted molar refractivity (Wildman–Crippen MR) is 103 cm³/mol. The van der Waals surface area contributed by atoms with Gasteiger partial charge in [0.25, 0.3) is 5.69 Å². The zero-order valence-corrected chi connectivity index (χ0v) is 16.1. The molecule has 0 fully saturated rings. The zero-order valence-electron chi connectivity index (χ0n) is 15.3. The summed E-state index contributed by atoms with van der Waals surface area (Å²) in [4.78, 5) is 22.1. The maximum absolute atomic E-state index is 12.7. The maximum atomic E-state index is 12.7. The highest BCUT2D eigenvalue weighted by Gasteiger charge is 2.33. The molecular formula is C17H17F3N4O5S. The lowest BCUT2D eigenvalue weighted by atomic mass is 10.1. The van der Waals surface area contributed by atoms with Crippen molar-refractivity contribution in [2.24, 2.45) is 5.14 Å². The van der Waals surface area contributed by atoms with Crippen molar-refractivity contribution in [3.8, 4) is 0 Å². The van der Waals surface area contributed by atoms with E-state index in [1.54, 1.807) is 0 Å². The maximum Gasteiger partial charge on any atom is 0.416 e. The van der Waals surface area contributed by atoms with Crippen LogP contribution in [0, 0.1) is 10.1 Å². The lowest BCUT2D eigenvalue weighted by molar-refractivity contribution is -0.384. The summed E-state index contributed by atoms with van der Waals surface area (Å²) in [6, 6.07) is 7.97. The van der Waals surface area contributed by atoms with Crippen LogP contribution in [0.15, 0.2) is 42.5 Å². The van der Waals surface area contributed by atoms with Gasteiger partial charge in [0.2, 0.25) is 15.9 Å². The molecule has 0 aromatic heterocycles. The number of nitrogens with zero attached hydrogens (tertiary/aromatic N) is 1. The van der Waals surface area contributed by atoms with Gasteiger partial charge < -0.3 is 10.6 Å². The smallest absolute Gasteiger partial charge is 0.379 e. The van der Waals surface area contributed by atoms with Gasteiger partial charge in [0, 0.05) is 24.7 Å². The van der Waals surface area contributed by atoms with Crippen molar-refractivity contribution in [2.45, 2.75) is 18.3 Å². The van der Waals surface area contributed by atoms with Gasteiger partial charge in [-0.1, -0.05) is 12.1 Å². The SMILES string of the molecule is NS(=O)(=O)Cc1ccc(NC(=O)CCNc2ccc(C(F)(F)F)cc2[N+](=O)[O-])cc1. The number of primary sulfonamides is 1. The van der Waals surface area contributed by atoms with E-state index in [2.05, 4.69) is 10.6 Å². The van der Waals surface area contributed by atoms with Crippen LogP contribution in [0.2, 0.25) is 0 Å². The number of hydrogen-bond acceptors (Lipinski definition) is 6. The van der Waals surface area contributed by atoms with Crippen LogP contribution >= 0.6 is 0 Å². The highest BCUT2D eigenvalue weighted by molar-refractivity contribution is 7.88. The second kappa shape index (κ2) is 9.09. The Labute approximate surface area is 169 Å². The molecule has 0 saturated carbocycles. The van der Waals surface area contributed by atoms with Crippen molar-refractivity contribution in [3.63, 3.8) is 0 Å². The molecule has 9 nitrogen and oxygen atoms in total. The van der Waals surface area contributed by atoms with E-state index in [1.807, 2.05) is 0 Å². The van der Waals surface area contributed by atoms with E-state index in [9.17, 15) is 36.5 Å². The predicted octanol–water partition coefficient (Wildman–Crippen LogP) is 2.84. The number of sulfonamides is 1. The number of amides is 1. The number of hydrogen-bond donors (Lipinski definition) is 3. The fourth-order valence-electron chi connectivity index (χ4n) is 2.46. The second-order valence-electron chi connectivity index (χ2n) is 6.22. The number of benzene rings is 2. The van der Waals surface area contributed by atoms with E-state index in [4.69, 9.17) is 5.14 Å². The van der Waals surface area contributed by atoms with Crippen molar-refractivity contribution in [3.05, 3.63) is 63.7 Å². The van der Waals surface area contributed by atoms with Gasteiger partial charge >= 0.3 is 6.18 Å². The minimum absolute atomic E-state index is 0.0679. The second-order valence-corrected chi connectivity index (χ2v) is 7.83. The van der Waals surface area contributed by atoms with Crippen LogP contribution in [-0.2, 0) is 26.7 Å². The van der Waals surface area contributed by atoms with E-state index < -0.39 is 38.3 Å². The molecular weight excluding hydrogens is 429 g/mol. The largest absolute Gasteiger partial charge is 0.416 e. The topological polar surface area (TPSA) is 144 Å². The van der Waals surface area contributed by atoms with Crippen molar-refractivity contribution >= 4 is 33.0 Å². The minimum atomic E-state index is -4.72. The number of nitro benzene ring substituents is 1. The van der Waals surface area contributed by atoms with Crippen molar-refractivity contribution in [2.75, 3.05) is 17.2 Å². The molecule has 0 saturated heterocycles. The molecule has 2 aromatic carbocycles. The van der Waals surface area contributed by atoms with Gasteiger partial charge in [-0.3, -0.25) is 14.9 Å². The molecule has 1 amide bonds. The van der Waals surface area contributed by atoms with E-state index in [1.165, 1.54) is 24.3 Å². The molecule has 13 heteroatoms. The van der Waals surface area contributed by atoms with Crippen LogP contribution in [0.3, 0.4) is 0 Å². The third kappa shape index (κ3) is 7.00. The first-order chi connectivity index (χ1) is 13.8. The number of nitro groups is 1. The molecule has 0 aliphatic rings. The van der Waals surface area contributed by atoms with Crippen molar-refractivity contribution in [1.29, 1.82) is 0 Å². The number of nitrogens with two attached hydrogens (primary N) is 1. The Morgan fingerprint density at radius 1 is 1.13 bits per heavy atom. The average Bonchev–Trinajstić information content (AvgIpc) is 2.61. The van der Waals surface area contributed by atoms with Gasteiger partial charge in [0.15, 0.2) is 0 Å². The minimum Gasteiger partial charge on any atom is -0.379 e. The molecule has 0 spiro atoms. The zero-order chi connectivity index (χ0) is 22.5. The fourth-order valence-corrected chi connectivity index (χ4v) is 3.12. The third-order valence-electron chi connectivity index (χ3n) is 3.79. The Balaban J connectivity index is 1.94. The van der Waals surface area contributed by atoms with Crippen LogP contribution < -0.4 is 15.8 Å². The Morgan fingerprint density at radius 2 is 1.77 bits per heavy atom. The summed E-state index contributed by atoms with van der Waals surface area (Å²) >= 11 is 0. The first kappa shape index (κ1) is 23.1. The van der Waals surface area contributed by atoms with E-state index >= 15 is 0 Å². The number of carbonyl (C=O) groups is 1. The van der Waals surface area contributed by atoms with Gasteiger partial charge in [0.1, 0.15) is 5.69 Å². The van der Waals surface area contributed by atoms with E-state index in [0.717, 1.165) is 6.07 Å². The number of nitrogens with one attached hydrogen (secondary N) is 2. The first-order valence-electron chi connectivity index (χ1n) is 8.34. The van der Waals surface area contributed by atoms with E-state index in [0.29, 0.717) is 23.4 Å². The summed E-state index contributed by atoms with van der Waals surface area (Å²) < 4.78 is 60.2. The van der Waals surface area contributed by atoms with Crippen molar-refractivity contribution in [1.82, 2.24) is 0 Å². The van der Waals surface area contributed by atoms with Gasteiger partial charge in [-0.2, -0.15) is 13.2 Å². The van der Waals surface area contributed by atoms with Gasteiger partial charge in [-0.25, -0.2) is 13.6 Å². The Morgan fingerprint density at radius 3 is 2.30 bits per heavy atom. The van der Waals surface area contributed by atoms with Crippen LogP contribution in [0.5, 0.6) is 0 Å². The van der Waals surface area contributed by atoms with E-state index in [-0.39, 0.29) is 24.4 Å². The molecule has 0 aliphatic heterocycles. The van der Waals surface area contributed by atoms with Crippen molar-refractivity contribution < 1.29 is 31.3 Å². The molecule has 0 bridgehead atoms. The Kier molecular flexibility index (Phi) is 7.00. The first-order valence-corrected chi connectivity index (χ1v) is 10.1. The third-order valence-corrected chi connectivity index (χ3v) is 4.53. The molecule has 30 heavy (non-hydrogen) atoms. The van der Waals surface area contributed by atoms with Gasteiger partial charge in [-0.05, 0) is 29.8 Å². The molecule has 0 heterocycles. The molecule has 4 N–H and O–H groups in total. The number of rotatable bonds is 8. The summed E-state index contributed by atoms with van der Waals surface area (Å²) in [5.74, 6) is -0.812. The quantitative estimate of drug-likeness (QED) is 0.420. The molecule has 0 atom stereocenters. The normalized spacial score (nSPS) is 11.7. The summed E-state index contributed by atoms with van der Waals surface area (Å²) in [5.41, 5.74) is -1.22. The fraction of sp³-hybridized carbons (Fsp3) is 0.235. The van der Waals surface area contributed by atoms with Crippen LogP contribution in [0.1, 0.15) is 17.5 Å². The van der Waals surface area contributed by atoms with Crippen LogP contribution in [-0.4, -0.2) is 25.8 Å². The van der Waals surface area contributed by atoms with Crippen LogP contribution in [0.4, 0.5) is 30.2 Å². The monoisotopic (exact) mass is 446 g/mol. The molecule has 0 radical (unpaired) electrons. The molecule has 162 valence electrons. The number of alkyl halides is 3. The Hall–Kier alpha value is -3.19. The lowest BCUT2D eigenvalue weighted by Crippen LogP contribution is -2.17. The molecule has 0 aliphatic carbocycles. The summed E-state index contributed by atoms with van der Waals surface area (Å²) in [6.07, 6.45) is -4.84. The Bertz CT molecular complexity index is 1040. The average molecular weight is 446 g/mol. The summed E-state index contributed by atoms with van der Waals surface area (Å²) in [7, 11) is -3.68. The molecule has 0 unspecified atom stereocenters. The lowest BCUT2D eigenvalue weighted by Gasteiger charge is -2.11. The molecule has 2 aromatic rings. The standard InChI is InChI=1S/C17H17F3N4O5S/c18-17(19,20)12-3-6-14(15(9-12)24(26)27)22-8-7-16(25)23-13-4-1-11(2-5-13)10-30(21,28)29/h1-6,9,22H,7-8,10H2,(H,23,25)(H2,21,28,29). The highest BCUT2D eigenvalue weighted by Crippen LogP contribution is 2.34. The molecule has 2 rings (SSSR count). The number of carbonyl (C=O) groups excluding carboxylic acids is 1. The van der Waals surface area contributed by atoms with Gasteiger partial charge in [0.05, 0.1) is 16.2 Å². The van der Waals surface area contributed by atoms with Gasteiger partial charge in [-0.15, -0.1) is 0 Å². The summed E-state index contributed by atoms with van der Waals surface area (Å²) in [5, 5.41) is 21.1. The number of anilines is 2. The highest BCUT2D eigenvalue weighted by atomic mass is 32.2.